The summed E-state index contributed by atoms with van der Waals surface area (Å²) in [6.45, 7) is 0. The van der Waals surface area contributed by atoms with Crippen molar-refractivity contribution in [3.63, 3.8) is 0 Å². The Balaban J connectivity index is 1.41. The number of aromatic nitrogens is 3. The van der Waals surface area contributed by atoms with Crippen molar-refractivity contribution in [3.05, 3.63) is 91.0 Å². The van der Waals surface area contributed by atoms with E-state index in [1.165, 1.54) is 0 Å². The fourth-order valence-corrected chi connectivity index (χ4v) is 2.71. The van der Waals surface area contributed by atoms with Gasteiger partial charge in [0, 0.05) is 0 Å². The molecule has 39 heavy (non-hydrogen) atoms. The number of hydrogen-bond donors (Lipinski definition) is 6. The number of hydroxylamine groups is 3. The normalized spacial score (nSPS) is 9.85. The van der Waals surface area contributed by atoms with Crippen LogP contribution in [-0.4, -0.2) is 33.0 Å². The maximum absolute atomic E-state index is 12.3. The second-order valence-electron chi connectivity index (χ2n) is 7.22. The average Bonchev–Trinajstić information content (AvgIpc) is 2.95. The molecule has 0 unspecified atom stereocenters. The van der Waals surface area contributed by atoms with Crippen LogP contribution in [0.4, 0.5) is 32.2 Å². The summed E-state index contributed by atoms with van der Waals surface area (Å²) >= 11 is 0. The highest BCUT2D eigenvalue weighted by Gasteiger charge is 2.15. The summed E-state index contributed by atoms with van der Waals surface area (Å²) in [7, 11) is 0. The Morgan fingerprint density at radius 3 is 0.949 bits per heavy atom. The SMILES string of the molecule is O=C(NOc1ccccc1)Nc1nc(NC(=O)NOc2ccccc2)nc(NC(=O)NOc2ccccc2)n1. The largest absolute Gasteiger partial charge is 0.378 e. The molecule has 1 heterocycles. The number of carbonyl (C=O) groups excluding carboxylic acids is 3. The quantitative estimate of drug-likeness (QED) is 0.176. The molecule has 6 N–H and O–H groups in total. The van der Waals surface area contributed by atoms with E-state index in [-0.39, 0.29) is 17.8 Å². The number of nitrogens with one attached hydrogen (secondary N) is 6. The standard InChI is InChI=1S/C24H21N9O6/c34-22(31-37-16-10-4-1-5-11-16)28-19-25-20(29-23(35)32-38-17-12-6-2-7-13-17)27-21(26-19)30-24(36)33-39-18-14-8-3-9-15-18/h1-15H,(H6,25,26,27,28,29,30,31,32,33,34,35,36). The van der Waals surface area contributed by atoms with E-state index in [1.807, 2.05) is 0 Å². The van der Waals surface area contributed by atoms with Crippen LogP contribution < -0.4 is 46.9 Å². The van der Waals surface area contributed by atoms with Gasteiger partial charge >= 0.3 is 18.1 Å². The minimum Gasteiger partial charge on any atom is -0.378 e. The number of rotatable bonds is 9. The van der Waals surface area contributed by atoms with E-state index in [1.54, 1.807) is 91.0 Å². The van der Waals surface area contributed by atoms with Gasteiger partial charge in [0.25, 0.3) is 0 Å². The molecule has 0 aliphatic carbocycles. The number of amides is 6. The van der Waals surface area contributed by atoms with Crippen molar-refractivity contribution < 1.29 is 28.9 Å². The van der Waals surface area contributed by atoms with Crippen LogP contribution >= 0.6 is 0 Å². The third kappa shape index (κ3) is 8.80. The highest BCUT2D eigenvalue weighted by Crippen LogP contribution is 2.12. The molecule has 0 aliphatic heterocycles. The molecule has 15 heteroatoms. The number of hydrogen-bond acceptors (Lipinski definition) is 9. The lowest BCUT2D eigenvalue weighted by Crippen LogP contribution is -2.35. The molecule has 0 saturated heterocycles. The average molecular weight is 531 g/mol. The molecule has 0 radical (unpaired) electrons. The van der Waals surface area contributed by atoms with Crippen LogP contribution in [0.1, 0.15) is 0 Å². The Labute approximate surface area is 220 Å². The molecule has 0 atom stereocenters. The van der Waals surface area contributed by atoms with Crippen molar-refractivity contribution >= 4 is 35.9 Å². The molecule has 0 saturated carbocycles. The number of nitrogens with zero attached hydrogens (tertiary/aromatic N) is 3. The van der Waals surface area contributed by atoms with E-state index in [0.29, 0.717) is 17.2 Å². The predicted molar refractivity (Wildman–Crippen MR) is 138 cm³/mol. The van der Waals surface area contributed by atoms with Gasteiger partial charge in [0.05, 0.1) is 0 Å². The van der Waals surface area contributed by atoms with Gasteiger partial charge in [-0.3, -0.25) is 16.0 Å². The summed E-state index contributed by atoms with van der Waals surface area (Å²) in [6, 6.07) is 22.8. The Hall–Kier alpha value is -6.12. The molecule has 4 aromatic rings. The zero-order valence-electron chi connectivity index (χ0n) is 20.0. The lowest BCUT2D eigenvalue weighted by atomic mass is 10.3. The third-order valence-corrected chi connectivity index (χ3v) is 4.33. The highest BCUT2D eigenvalue weighted by molar-refractivity contribution is 5.90. The fraction of sp³-hybridized carbons (Fsp3) is 0. The van der Waals surface area contributed by atoms with E-state index in [9.17, 15) is 14.4 Å². The Bertz CT molecular complexity index is 1210. The van der Waals surface area contributed by atoms with E-state index >= 15 is 0 Å². The number of benzene rings is 3. The smallest absolute Gasteiger partial charge is 0.354 e. The summed E-state index contributed by atoms with van der Waals surface area (Å²) in [6.07, 6.45) is 0. The molecular formula is C24H21N9O6. The summed E-state index contributed by atoms with van der Waals surface area (Å²) < 4.78 is 0. The van der Waals surface area contributed by atoms with Gasteiger partial charge in [0.1, 0.15) is 0 Å². The summed E-state index contributed by atoms with van der Waals surface area (Å²) in [4.78, 5) is 64.1. The summed E-state index contributed by atoms with van der Waals surface area (Å²) in [5.41, 5.74) is 6.47. The fourth-order valence-electron chi connectivity index (χ4n) is 2.71. The lowest BCUT2D eigenvalue weighted by Gasteiger charge is -2.12. The number of urea groups is 3. The summed E-state index contributed by atoms with van der Waals surface area (Å²) in [5.74, 6) is 0.114. The number of para-hydroxylation sites is 3. The van der Waals surface area contributed by atoms with Crippen LogP contribution in [0, 0.1) is 0 Å². The Morgan fingerprint density at radius 1 is 0.436 bits per heavy atom. The second-order valence-corrected chi connectivity index (χ2v) is 7.22. The van der Waals surface area contributed by atoms with Crippen LogP contribution in [0.2, 0.25) is 0 Å². The molecule has 0 aliphatic rings. The van der Waals surface area contributed by atoms with Crippen molar-refractivity contribution in [2.45, 2.75) is 0 Å². The van der Waals surface area contributed by atoms with E-state index in [2.05, 4.69) is 47.3 Å². The van der Waals surface area contributed by atoms with Crippen molar-refractivity contribution in [1.29, 1.82) is 0 Å². The molecule has 0 spiro atoms. The van der Waals surface area contributed by atoms with Gasteiger partial charge in [-0.1, -0.05) is 54.6 Å². The zero-order valence-corrected chi connectivity index (χ0v) is 20.0. The minimum atomic E-state index is -0.851. The number of anilines is 3. The first-order valence-electron chi connectivity index (χ1n) is 11.2. The monoisotopic (exact) mass is 531 g/mol. The maximum atomic E-state index is 12.3. The molecule has 4 rings (SSSR count). The topological polar surface area (TPSA) is 190 Å². The Kier molecular flexibility index (Phi) is 8.83. The second kappa shape index (κ2) is 13.3. The first-order chi connectivity index (χ1) is 19.0. The van der Waals surface area contributed by atoms with Crippen molar-refractivity contribution in [2.24, 2.45) is 0 Å². The maximum Gasteiger partial charge on any atom is 0.354 e. The van der Waals surface area contributed by atoms with Crippen molar-refractivity contribution in [3.8, 4) is 17.2 Å². The highest BCUT2D eigenvalue weighted by atomic mass is 16.7. The summed E-state index contributed by atoms with van der Waals surface area (Å²) in [5, 5.41) is 6.94. The van der Waals surface area contributed by atoms with Crippen LogP contribution in [0.5, 0.6) is 17.2 Å². The molecule has 0 bridgehead atoms. The molecule has 198 valence electrons. The first-order valence-corrected chi connectivity index (χ1v) is 11.2. The van der Waals surface area contributed by atoms with Gasteiger partial charge in [-0.25, -0.2) is 14.4 Å². The van der Waals surface area contributed by atoms with E-state index in [0.717, 1.165) is 0 Å². The molecule has 3 aromatic carbocycles. The minimum absolute atomic E-state index is 0.335. The van der Waals surface area contributed by atoms with E-state index < -0.39 is 18.1 Å². The third-order valence-electron chi connectivity index (χ3n) is 4.33. The Morgan fingerprint density at radius 2 is 0.692 bits per heavy atom. The van der Waals surface area contributed by atoms with Crippen LogP contribution in [0.25, 0.3) is 0 Å². The van der Waals surface area contributed by atoms with Crippen LogP contribution in [0.15, 0.2) is 91.0 Å². The van der Waals surface area contributed by atoms with Gasteiger partial charge in [0.15, 0.2) is 17.2 Å². The van der Waals surface area contributed by atoms with Gasteiger partial charge in [-0.15, -0.1) is 0 Å². The molecular weight excluding hydrogens is 510 g/mol. The van der Waals surface area contributed by atoms with Gasteiger partial charge in [-0.2, -0.15) is 31.4 Å². The van der Waals surface area contributed by atoms with Crippen molar-refractivity contribution in [1.82, 2.24) is 31.4 Å². The number of carbonyl (C=O) groups is 3. The zero-order chi connectivity index (χ0) is 27.3. The molecule has 6 amide bonds. The van der Waals surface area contributed by atoms with Crippen molar-refractivity contribution in [2.75, 3.05) is 16.0 Å². The van der Waals surface area contributed by atoms with Gasteiger partial charge in [-0.05, 0) is 36.4 Å². The predicted octanol–water partition coefficient (Wildman–Crippen LogP) is 3.22. The molecule has 1 aromatic heterocycles. The lowest BCUT2D eigenvalue weighted by molar-refractivity contribution is 0.189. The van der Waals surface area contributed by atoms with E-state index in [4.69, 9.17) is 14.5 Å². The first kappa shape index (κ1) is 26.0. The van der Waals surface area contributed by atoms with Gasteiger partial charge < -0.3 is 14.5 Å². The molecule has 0 fully saturated rings. The van der Waals surface area contributed by atoms with Crippen LogP contribution in [0.3, 0.4) is 0 Å². The molecule has 15 nitrogen and oxygen atoms in total. The van der Waals surface area contributed by atoms with Crippen LogP contribution in [-0.2, 0) is 0 Å². The van der Waals surface area contributed by atoms with Gasteiger partial charge in [0.2, 0.25) is 17.8 Å².